The molecule has 0 saturated carbocycles. The van der Waals surface area contributed by atoms with Crippen LogP contribution in [-0.4, -0.2) is 28.6 Å². The molecule has 1 atom stereocenters. The lowest BCUT2D eigenvalue weighted by Gasteiger charge is -2.34. The van der Waals surface area contributed by atoms with E-state index in [9.17, 15) is 28.2 Å². The van der Waals surface area contributed by atoms with Gasteiger partial charge in [-0.2, -0.15) is 8.78 Å². The van der Waals surface area contributed by atoms with Crippen LogP contribution in [0.5, 0.6) is 0 Å². The standard InChI is InChI=1S/C17H15ClF3NO3/c18-14-8-12(19)6-7-13(14)16(25,10-23)17(20,21)15(24)22-9-11-4-2-1-3-5-11/h1-8,23,25H,9-10H2,(H,22,24). The first-order valence-corrected chi connectivity index (χ1v) is 7.59. The van der Waals surface area contributed by atoms with E-state index in [-0.39, 0.29) is 6.54 Å². The fourth-order valence-corrected chi connectivity index (χ4v) is 2.58. The van der Waals surface area contributed by atoms with Gasteiger partial charge in [-0.1, -0.05) is 48.0 Å². The number of aliphatic hydroxyl groups is 2. The Hall–Kier alpha value is -2.09. The second-order valence-corrected chi connectivity index (χ2v) is 5.79. The van der Waals surface area contributed by atoms with Gasteiger partial charge in [0.1, 0.15) is 5.82 Å². The monoisotopic (exact) mass is 373 g/mol. The van der Waals surface area contributed by atoms with Crippen LogP contribution in [0.3, 0.4) is 0 Å². The molecule has 0 aliphatic heterocycles. The molecule has 2 rings (SSSR count). The third-order valence-corrected chi connectivity index (χ3v) is 4.02. The maximum absolute atomic E-state index is 14.6. The third-order valence-electron chi connectivity index (χ3n) is 3.71. The minimum atomic E-state index is -4.42. The molecule has 0 spiro atoms. The highest BCUT2D eigenvalue weighted by Gasteiger charge is 2.60. The van der Waals surface area contributed by atoms with Gasteiger partial charge in [0, 0.05) is 17.1 Å². The Morgan fingerprint density at radius 3 is 2.36 bits per heavy atom. The van der Waals surface area contributed by atoms with Crippen LogP contribution < -0.4 is 5.32 Å². The average molecular weight is 374 g/mol. The summed E-state index contributed by atoms with van der Waals surface area (Å²) in [5, 5.41) is 21.1. The van der Waals surface area contributed by atoms with E-state index in [2.05, 4.69) is 0 Å². The van der Waals surface area contributed by atoms with E-state index in [0.717, 1.165) is 12.1 Å². The van der Waals surface area contributed by atoms with E-state index >= 15 is 0 Å². The second kappa shape index (κ2) is 7.43. The summed E-state index contributed by atoms with van der Waals surface area (Å²) < 4.78 is 42.2. The number of hydrogen-bond donors (Lipinski definition) is 3. The normalized spacial score (nSPS) is 14.0. The molecule has 134 valence electrons. The maximum Gasteiger partial charge on any atom is 0.358 e. The van der Waals surface area contributed by atoms with Crippen LogP contribution in [0.25, 0.3) is 0 Å². The summed E-state index contributed by atoms with van der Waals surface area (Å²) in [5.41, 5.74) is -3.39. The fraction of sp³-hybridized carbons (Fsp3) is 0.235. The zero-order valence-electron chi connectivity index (χ0n) is 12.8. The van der Waals surface area contributed by atoms with Crippen molar-refractivity contribution in [1.29, 1.82) is 0 Å². The zero-order valence-corrected chi connectivity index (χ0v) is 13.6. The number of amides is 1. The van der Waals surface area contributed by atoms with Crippen molar-refractivity contribution in [2.75, 3.05) is 6.61 Å². The Morgan fingerprint density at radius 2 is 1.80 bits per heavy atom. The Labute approximate surface area is 146 Å². The molecule has 3 N–H and O–H groups in total. The Kier molecular flexibility index (Phi) is 5.72. The molecule has 0 fully saturated rings. The Morgan fingerprint density at radius 1 is 1.16 bits per heavy atom. The summed E-state index contributed by atoms with van der Waals surface area (Å²) >= 11 is 5.70. The van der Waals surface area contributed by atoms with Gasteiger partial charge < -0.3 is 15.5 Å². The molecule has 0 aliphatic carbocycles. The van der Waals surface area contributed by atoms with Crippen LogP contribution in [0.2, 0.25) is 5.02 Å². The highest BCUT2D eigenvalue weighted by Crippen LogP contribution is 2.41. The molecule has 0 bridgehead atoms. The van der Waals surface area contributed by atoms with Crippen LogP contribution >= 0.6 is 11.6 Å². The minimum Gasteiger partial charge on any atom is -0.393 e. The zero-order chi connectivity index (χ0) is 18.7. The van der Waals surface area contributed by atoms with Gasteiger partial charge in [0.15, 0.2) is 5.60 Å². The van der Waals surface area contributed by atoms with Crippen LogP contribution in [0, 0.1) is 5.82 Å². The van der Waals surface area contributed by atoms with Crippen LogP contribution in [0.1, 0.15) is 11.1 Å². The maximum atomic E-state index is 14.6. The highest BCUT2D eigenvalue weighted by atomic mass is 35.5. The molecular weight excluding hydrogens is 359 g/mol. The Bertz CT molecular complexity index is 758. The number of aliphatic hydroxyl groups excluding tert-OH is 1. The lowest BCUT2D eigenvalue weighted by atomic mass is 9.87. The van der Waals surface area contributed by atoms with Crippen molar-refractivity contribution < 1.29 is 28.2 Å². The SMILES string of the molecule is O=C(NCc1ccccc1)C(F)(F)C(O)(CO)c1ccc(F)cc1Cl. The van der Waals surface area contributed by atoms with E-state index in [1.54, 1.807) is 30.3 Å². The number of alkyl halides is 2. The molecule has 1 unspecified atom stereocenters. The van der Waals surface area contributed by atoms with Gasteiger partial charge >= 0.3 is 5.92 Å². The van der Waals surface area contributed by atoms with Crippen molar-refractivity contribution in [3.8, 4) is 0 Å². The van der Waals surface area contributed by atoms with E-state index in [0.29, 0.717) is 11.6 Å². The second-order valence-electron chi connectivity index (χ2n) is 5.39. The molecule has 0 radical (unpaired) electrons. The summed E-state index contributed by atoms with van der Waals surface area (Å²) in [6.45, 7) is -1.70. The number of hydrogen-bond acceptors (Lipinski definition) is 3. The highest BCUT2D eigenvalue weighted by molar-refractivity contribution is 6.31. The smallest absolute Gasteiger partial charge is 0.358 e. The predicted molar refractivity (Wildman–Crippen MR) is 85.6 cm³/mol. The van der Waals surface area contributed by atoms with Crippen molar-refractivity contribution in [2.24, 2.45) is 0 Å². The first kappa shape index (κ1) is 19.2. The van der Waals surface area contributed by atoms with Crippen molar-refractivity contribution >= 4 is 17.5 Å². The van der Waals surface area contributed by atoms with E-state index in [1.165, 1.54) is 0 Å². The topological polar surface area (TPSA) is 69.6 Å². The van der Waals surface area contributed by atoms with E-state index in [4.69, 9.17) is 11.6 Å². The number of carbonyl (C=O) groups is 1. The molecule has 2 aromatic rings. The average Bonchev–Trinajstić information content (AvgIpc) is 2.59. The van der Waals surface area contributed by atoms with Gasteiger partial charge in [0.2, 0.25) is 0 Å². The summed E-state index contributed by atoms with van der Waals surface area (Å²) in [6, 6.07) is 10.6. The summed E-state index contributed by atoms with van der Waals surface area (Å²) in [7, 11) is 0. The molecule has 25 heavy (non-hydrogen) atoms. The fourth-order valence-electron chi connectivity index (χ4n) is 2.26. The molecule has 4 nitrogen and oxygen atoms in total. The summed E-state index contributed by atoms with van der Waals surface area (Å²) in [5.74, 6) is -7.03. The van der Waals surface area contributed by atoms with Gasteiger partial charge in [-0.3, -0.25) is 4.79 Å². The first-order chi connectivity index (χ1) is 11.7. The predicted octanol–water partition coefficient (Wildman–Crippen LogP) is 2.61. The minimum absolute atomic E-state index is 0.200. The van der Waals surface area contributed by atoms with Crippen LogP contribution in [0.4, 0.5) is 13.2 Å². The molecule has 8 heteroatoms. The molecule has 0 aliphatic rings. The molecule has 1 amide bonds. The van der Waals surface area contributed by atoms with Crippen LogP contribution in [-0.2, 0) is 16.9 Å². The number of halogens is 4. The number of carbonyl (C=O) groups excluding carboxylic acids is 1. The van der Waals surface area contributed by atoms with Gasteiger partial charge in [-0.25, -0.2) is 4.39 Å². The lowest BCUT2D eigenvalue weighted by molar-refractivity contribution is -0.208. The van der Waals surface area contributed by atoms with Crippen molar-refractivity contribution in [2.45, 2.75) is 18.1 Å². The van der Waals surface area contributed by atoms with Crippen molar-refractivity contribution in [3.63, 3.8) is 0 Å². The van der Waals surface area contributed by atoms with Gasteiger partial charge in [0.25, 0.3) is 5.91 Å². The van der Waals surface area contributed by atoms with E-state index < -0.39 is 40.4 Å². The number of nitrogens with one attached hydrogen (secondary N) is 1. The molecule has 0 aromatic heterocycles. The number of benzene rings is 2. The summed E-state index contributed by atoms with van der Waals surface area (Å²) in [6.07, 6.45) is 0. The first-order valence-electron chi connectivity index (χ1n) is 7.21. The molecular formula is C17H15ClF3NO3. The molecule has 0 heterocycles. The van der Waals surface area contributed by atoms with Crippen molar-refractivity contribution in [3.05, 3.63) is 70.5 Å². The quantitative estimate of drug-likeness (QED) is 0.729. The third kappa shape index (κ3) is 3.78. The van der Waals surface area contributed by atoms with Crippen LogP contribution in [0.15, 0.2) is 48.5 Å². The lowest BCUT2D eigenvalue weighted by Crippen LogP contribution is -2.57. The van der Waals surface area contributed by atoms with E-state index in [1.807, 2.05) is 5.32 Å². The molecule has 0 saturated heterocycles. The largest absolute Gasteiger partial charge is 0.393 e. The number of rotatable bonds is 6. The summed E-state index contributed by atoms with van der Waals surface area (Å²) in [4.78, 5) is 11.9. The van der Waals surface area contributed by atoms with Crippen molar-refractivity contribution in [1.82, 2.24) is 5.32 Å². The van der Waals surface area contributed by atoms with Gasteiger partial charge in [-0.15, -0.1) is 0 Å². The Balaban J connectivity index is 2.28. The van der Waals surface area contributed by atoms with Gasteiger partial charge in [0.05, 0.1) is 6.61 Å². The van der Waals surface area contributed by atoms with Gasteiger partial charge in [-0.05, 0) is 17.7 Å². The molecule has 2 aromatic carbocycles.